The van der Waals surface area contributed by atoms with Crippen LogP contribution in [-0.2, 0) is 6.54 Å². The summed E-state index contributed by atoms with van der Waals surface area (Å²) in [6.45, 7) is 3.19. The molecule has 1 aromatic rings. The largest absolute Gasteiger partial charge is 0.306 e. The third-order valence-corrected chi connectivity index (χ3v) is 4.25. The van der Waals surface area contributed by atoms with Crippen molar-refractivity contribution in [1.82, 2.24) is 10.3 Å². The maximum absolute atomic E-state index is 6.19. The molecule has 0 bridgehead atoms. The maximum Gasteiger partial charge on any atom is 0.0406 e. The van der Waals surface area contributed by atoms with Crippen molar-refractivity contribution in [3.05, 3.63) is 30.1 Å². The zero-order valence-corrected chi connectivity index (χ0v) is 11.2. The summed E-state index contributed by atoms with van der Waals surface area (Å²) in [5.74, 6) is 1.49. The lowest BCUT2D eigenvalue weighted by Gasteiger charge is -2.39. The van der Waals surface area contributed by atoms with Crippen LogP contribution in [0.15, 0.2) is 24.5 Å². The van der Waals surface area contributed by atoms with Crippen LogP contribution in [0.1, 0.15) is 38.2 Å². The van der Waals surface area contributed by atoms with Crippen LogP contribution >= 0.6 is 11.6 Å². The summed E-state index contributed by atoms with van der Waals surface area (Å²) >= 11 is 6.19. The fourth-order valence-corrected chi connectivity index (χ4v) is 3.12. The van der Waals surface area contributed by atoms with Gasteiger partial charge in [-0.25, -0.2) is 0 Å². The minimum atomic E-state index is 0.134. The van der Waals surface area contributed by atoms with Gasteiger partial charge in [0.05, 0.1) is 0 Å². The Labute approximate surface area is 109 Å². The van der Waals surface area contributed by atoms with E-state index in [-0.39, 0.29) is 5.54 Å². The molecule has 17 heavy (non-hydrogen) atoms. The number of aromatic nitrogens is 1. The first-order valence-electron chi connectivity index (χ1n) is 6.44. The number of halogens is 1. The second-order valence-corrected chi connectivity index (χ2v) is 5.60. The first-order valence-corrected chi connectivity index (χ1v) is 6.97. The van der Waals surface area contributed by atoms with Gasteiger partial charge in [0, 0.05) is 30.4 Å². The van der Waals surface area contributed by atoms with E-state index in [1.54, 1.807) is 0 Å². The maximum atomic E-state index is 6.19. The molecule has 0 aliphatic heterocycles. The zero-order valence-electron chi connectivity index (χ0n) is 10.5. The number of hydrogen-bond acceptors (Lipinski definition) is 2. The predicted molar refractivity (Wildman–Crippen MR) is 72.2 cm³/mol. The van der Waals surface area contributed by atoms with Crippen molar-refractivity contribution in [1.29, 1.82) is 0 Å². The number of pyridine rings is 1. The van der Waals surface area contributed by atoms with E-state index in [1.807, 2.05) is 18.5 Å². The van der Waals surface area contributed by atoms with Gasteiger partial charge < -0.3 is 5.32 Å². The van der Waals surface area contributed by atoms with Crippen molar-refractivity contribution < 1.29 is 0 Å². The Morgan fingerprint density at radius 1 is 1.59 bits per heavy atom. The van der Waals surface area contributed by atoms with E-state index in [0.717, 1.165) is 12.5 Å². The molecule has 3 heteroatoms. The average molecular weight is 253 g/mol. The Kier molecular flexibility index (Phi) is 4.41. The molecule has 1 N–H and O–H groups in total. The molecule has 2 rings (SSSR count). The van der Waals surface area contributed by atoms with Crippen LogP contribution in [0, 0.1) is 5.92 Å². The van der Waals surface area contributed by atoms with Gasteiger partial charge in [0.15, 0.2) is 0 Å². The van der Waals surface area contributed by atoms with Gasteiger partial charge in [-0.05, 0) is 30.4 Å². The Morgan fingerprint density at radius 2 is 2.47 bits per heavy atom. The molecule has 1 aliphatic rings. The van der Waals surface area contributed by atoms with E-state index in [2.05, 4.69) is 23.3 Å². The Hall–Kier alpha value is -0.600. The number of hydrogen-bond donors (Lipinski definition) is 1. The molecule has 1 aromatic heterocycles. The summed E-state index contributed by atoms with van der Waals surface area (Å²) in [5, 5.41) is 3.66. The SMILES string of the molecule is CC1CCCC(CCl)(NCc2cccnc2)C1. The molecule has 0 saturated heterocycles. The second-order valence-electron chi connectivity index (χ2n) is 5.33. The van der Waals surface area contributed by atoms with Crippen molar-refractivity contribution in [2.45, 2.75) is 44.7 Å². The van der Waals surface area contributed by atoms with E-state index in [9.17, 15) is 0 Å². The minimum absolute atomic E-state index is 0.134. The standard InChI is InChI=1S/C14H21ClN2/c1-12-4-2-6-14(8-12,11-15)17-10-13-5-3-7-16-9-13/h3,5,7,9,12,17H,2,4,6,8,10-11H2,1H3. The van der Waals surface area contributed by atoms with E-state index in [4.69, 9.17) is 11.6 Å². The molecule has 1 aliphatic carbocycles. The highest BCUT2D eigenvalue weighted by molar-refractivity contribution is 6.18. The van der Waals surface area contributed by atoms with Crippen molar-refractivity contribution in [2.24, 2.45) is 5.92 Å². The third-order valence-electron chi connectivity index (χ3n) is 3.74. The first-order chi connectivity index (χ1) is 8.24. The highest BCUT2D eigenvalue weighted by Crippen LogP contribution is 2.33. The Bertz CT molecular complexity index is 341. The van der Waals surface area contributed by atoms with Gasteiger partial charge in [-0.15, -0.1) is 11.6 Å². The summed E-state index contributed by atoms with van der Waals surface area (Å²) < 4.78 is 0. The van der Waals surface area contributed by atoms with E-state index < -0.39 is 0 Å². The molecule has 1 fully saturated rings. The summed E-state index contributed by atoms with van der Waals surface area (Å²) in [7, 11) is 0. The topological polar surface area (TPSA) is 24.9 Å². The van der Waals surface area contributed by atoms with Crippen LogP contribution in [0.5, 0.6) is 0 Å². The predicted octanol–water partition coefficient (Wildman–Crippen LogP) is 3.36. The van der Waals surface area contributed by atoms with Gasteiger partial charge in [0.1, 0.15) is 0 Å². The number of nitrogens with one attached hydrogen (secondary N) is 1. The van der Waals surface area contributed by atoms with Gasteiger partial charge >= 0.3 is 0 Å². The molecule has 0 radical (unpaired) electrons. The molecular formula is C14H21ClN2. The summed E-state index contributed by atoms with van der Waals surface area (Å²) in [5.41, 5.74) is 1.37. The van der Waals surface area contributed by atoms with E-state index in [1.165, 1.54) is 31.2 Å². The van der Waals surface area contributed by atoms with Crippen molar-refractivity contribution in [2.75, 3.05) is 5.88 Å². The van der Waals surface area contributed by atoms with Gasteiger partial charge in [-0.2, -0.15) is 0 Å². The van der Waals surface area contributed by atoms with Gasteiger partial charge in [0.2, 0.25) is 0 Å². The number of rotatable bonds is 4. The first kappa shape index (κ1) is 12.8. The van der Waals surface area contributed by atoms with Gasteiger partial charge in [0.25, 0.3) is 0 Å². The smallest absolute Gasteiger partial charge is 0.0406 e. The van der Waals surface area contributed by atoms with Gasteiger partial charge in [-0.1, -0.05) is 25.8 Å². The highest BCUT2D eigenvalue weighted by atomic mass is 35.5. The molecule has 2 unspecified atom stereocenters. The quantitative estimate of drug-likeness (QED) is 0.832. The van der Waals surface area contributed by atoms with Crippen LogP contribution in [-0.4, -0.2) is 16.4 Å². The molecule has 1 saturated carbocycles. The molecular weight excluding hydrogens is 232 g/mol. The Balaban J connectivity index is 1.95. The van der Waals surface area contributed by atoms with E-state index in [0.29, 0.717) is 5.88 Å². The molecule has 2 nitrogen and oxygen atoms in total. The van der Waals surface area contributed by atoms with Crippen LogP contribution < -0.4 is 5.32 Å². The Morgan fingerprint density at radius 3 is 3.12 bits per heavy atom. The number of alkyl halides is 1. The fourth-order valence-electron chi connectivity index (χ4n) is 2.78. The third kappa shape index (κ3) is 3.43. The van der Waals surface area contributed by atoms with Crippen molar-refractivity contribution in [3.63, 3.8) is 0 Å². The van der Waals surface area contributed by atoms with Crippen LogP contribution in [0.2, 0.25) is 0 Å². The second kappa shape index (κ2) is 5.83. The molecule has 0 aromatic carbocycles. The lowest BCUT2D eigenvalue weighted by atomic mass is 9.77. The van der Waals surface area contributed by atoms with Crippen LogP contribution in [0.3, 0.4) is 0 Å². The summed E-state index contributed by atoms with van der Waals surface area (Å²) in [6, 6.07) is 4.09. The summed E-state index contributed by atoms with van der Waals surface area (Å²) in [4.78, 5) is 4.14. The van der Waals surface area contributed by atoms with Crippen molar-refractivity contribution in [3.8, 4) is 0 Å². The van der Waals surface area contributed by atoms with Crippen molar-refractivity contribution >= 4 is 11.6 Å². The molecule has 0 amide bonds. The van der Waals surface area contributed by atoms with Gasteiger partial charge in [-0.3, -0.25) is 4.98 Å². The minimum Gasteiger partial charge on any atom is -0.306 e. The zero-order chi connectivity index (χ0) is 12.1. The molecule has 1 heterocycles. The fraction of sp³-hybridized carbons (Fsp3) is 0.643. The normalized spacial score (nSPS) is 29.2. The lowest BCUT2D eigenvalue weighted by molar-refractivity contribution is 0.207. The summed E-state index contributed by atoms with van der Waals surface area (Å²) in [6.07, 6.45) is 8.74. The van der Waals surface area contributed by atoms with Crippen LogP contribution in [0.4, 0.5) is 0 Å². The monoisotopic (exact) mass is 252 g/mol. The molecule has 0 spiro atoms. The molecule has 94 valence electrons. The average Bonchev–Trinajstić information content (AvgIpc) is 2.38. The number of nitrogens with zero attached hydrogens (tertiary/aromatic N) is 1. The highest BCUT2D eigenvalue weighted by Gasteiger charge is 2.33. The lowest BCUT2D eigenvalue weighted by Crippen LogP contribution is -2.49. The van der Waals surface area contributed by atoms with E-state index >= 15 is 0 Å². The van der Waals surface area contributed by atoms with Crippen LogP contribution in [0.25, 0.3) is 0 Å². The molecule has 2 atom stereocenters.